The molecule has 0 aliphatic heterocycles. The lowest BCUT2D eigenvalue weighted by atomic mass is 10.2. The number of nitrogens with zero attached hydrogens (tertiary/aromatic N) is 1. The first-order valence-electron chi connectivity index (χ1n) is 3.79. The van der Waals surface area contributed by atoms with Crippen LogP contribution in [0.15, 0.2) is 6.07 Å². The fourth-order valence-corrected chi connectivity index (χ4v) is 1.08. The monoisotopic (exact) mass is 236 g/mol. The molecule has 1 heterocycles. The van der Waals surface area contributed by atoms with E-state index in [4.69, 9.17) is 22.1 Å². The van der Waals surface area contributed by atoms with Crippen molar-refractivity contribution in [1.29, 1.82) is 0 Å². The summed E-state index contributed by atoms with van der Waals surface area (Å²) >= 11 is 5.12. The van der Waals surface area contributed by atoms with Gasteiger partial charge in [0.15, 0.2) is 0 Å². The fourth-order valence-electron chi connectivity index (χ4n) is 0.986. The molecule has 0 spiro atoms. The summed E-state index contributed by atoms with van der Waals surface area (Å²) in [5.41, 5.74) is 4.01. The lowest BCUT2D eigenvalue weighted by molar-refractivity contribution is 0.107. The molecule has 1 aromatic heterocycles. The predicted molar refractivity (Wildman–Crippen MR) is 50.3 cm³/mol. The molecule has 0 bridgehead atoms. The Bertz CT molecular complexity index is 398. The maximum atomic E-state index is 12.4. The molecule has 0 atom stereocenters. The number of halogens is 3. The predicted octanol–water partition coefficient (Wildman–Crippen LogP) is 1.99. The smallest absolute Gasteiger partial charge is 0.282 e. The molecule has 82 valence electrons. The quantitative estimate of drug-likeness (QED) is 0.815. The minimum atomic E-state index is -2.89. The maximum absolute atomic E-state index is 12.4. The van der Waals surface area contributed by atoms with Crippen molar-refractivity contribution in [1.82, 2.24) is 4.98 Å². The molecule has 0 aromatic carbocycles. The van der Waals surface area contributed by atoms with Crippen molar-refractivity contribution >= 4 is 22.5 Å². The van der Waals surface area contributed by atoms with Crippen LogP contribution in [0.25, 0.3) is 0 Å². The lowest BCUT2D eigenvalue weighted by Gasteiger charge is -2.09. The van der Waals surface area contributed by atoms with Crippen LogP contribution in [0.4, 0.5) is 14.5 Å². The third kappa shape index (κ3) is 2.33. The number of carbonyl (C=O) groups excluding carboxylic acids is 1. The Balaban J connectivity index is 3.38. The van der Waals surface area contributed by atoms with Crippen molar-refractivity contribution in [2.24, 2.45) is 0 Å². The van der Waals surface area contributed by atoms with Crippen molar-refractivity contribution in [2.75, 3.05) is 12.8 Å². The molecular formula is C8H7ClF2N2O2. The van der Waals surface area contributed by atoms with Gasteiger partial charge in [-0.25, -0.2) is 13.8 Å². The molecule has 0 saturated heterocycles. The topological polar surface area (TPSA) is 65.2 Å². The third-order valence-corrected chi connectivity index (χ3v) is 1.87. The van der Waals surface area contributed by atoms with Gasteiger partial charge < -0.3 is 10.5 Å². The minimum Gasteiger partial charge on any atom is -0.494 e. The number of ether oxygens (including phenoxy) is 1. The van der Waals surface area contributed by atoms with E-state index in [0.29, 0.717) is 0 Å². The Hall–Kier alpha value is -1.43. The number of anilines is 1. The molecule has 1 rings (SSSR count). The first kappa shape index (κ1) is 11.6. The van der Waals surface area contributed by atoms with Crippen molar-refractivity contribution in [3.05, 3.63) is 17.5 Å². The zero-order valence-corrected chi connectivity index (χ0v) is 8.39. The number of aromatic nitrogens is 1. The minimum absolute atomic E-state index is 0.0516. The van der Waals surface area contributed by atoms with Gasteiger partial charge in [-0.1, -0.05) is 0 Å². The standard InChI is InChI=1S/C8H7ClF2N2O2/c1-15-4-2-3(7(9)14)13-6(5(4)12)8(10)11/h2,8H,12H2,1H3. The molecule has 0 saturated carbocycles. The number of rotatable bonds is 3. The van der Waals surface area contributed by atoms with Crippen LogP contribution in [0, 0.1) is 0 Å². The number of nitrogen functional groups attached to an aromatic ring is 1. The van der Waals surface area contributed by atoms with Crippen LogP contribution in [-0.4, -0.2) is 17.3 Å². The molecule has 0 aliphatic rings. The molecule has 15 heavy (non-hydrogen) atoms. The van der Waals surface area contributed by atoms with Gasteiger partial charge in [0.05, 0.1) is 7.11 Å². The molecule has 7 heteroatoms. The van der Waals surface area contributed by atoms with Crippen LogP contribution in [0.5, 0.6) is 5.75 Å². The lowest BCUT2D eigenvalue weighted by Crippen LogP contribution is -2.06. The normalized spacial score (nSPS) is 10.5. The van der Waals surface area contributed by atoms with E-state index < -0.39 is 17.4 Å². The molecule has 0 aliphatic carbocycles. The second kappa shape index (κ2) is 4.39. The number of hydrogen-bond donors (Lipinski definition) is 1. The Morgan fingerprint density at radius 3 is 2.67 bits per heavy atom. The Labute approximate surface area is 89.0 Å². The summed E-state index contributed by atoms with van der Waals surface area (Å²) in [6.45, 7) is 0. The van der Waals surface area contributed by atoms with E-state index in [9.17, 15) is 13.6 Å². The van der Waals surface area contributed by atoms with Crippen LogP contribution >= 0.6 is 11.6 Å². The first-order valence-corrected chi connectivity index (χ1v) is 4.17. The Morgan fingerprint density at radius 1 is 1.67 bits per heavy atom. The van der Waals surface area contributed by atoms with Crippen molar-refractivity contribution in [3.63, 3.8) is 0 Å². The van der Waals surface area contributed by atoms with Gasteiger partial charge in [-0.2, -0.15) is 0 Å². The number of carbonyl (C=O) groups is 1. The van der Waals surface area contributed by atoms with E-state index in [1.54, 1.807) is 0 Å². The maximum Gasteiger partial charge on any atom is 0.282 e. The van der Waals surface area contributed by atoms with Gasteiger partial charge in [-0.15, -0.1) is 0 Å². The van der Waals surface area contributed by atoms with Crippen LogP contribution in [-0.2, 0) is 0 Å². The summed E-state index contributed by atoms with van der Waals surface area (Å²) in [7, 11) is 1.24. The average molecular weight is 237 g/mol. The molecule has 0 fully saturated rings. The van der Waals surface area contributed by atoms with Gasteiger partial charge >= 0.3 is 0 Å². The Kier molecular flexibility index (Phi) is 3.41. The molecule has 0 radical (unpaired) electrons. The molecule has 2 N–H and O–H groups in total. The SMILES string of the molecule is COc1cc(C(=O)Cl)nc(C(F)F)c1N. The van der Waals surface area contributed by atoms with Gasteiger partial charge in [0.25, 0.3) is 11.7 Å². The highest BCUT2D eigenvalue weighted by atomic mass is 35.5. The second-order valence-corrected chi connectivity index (χ2v) is 2.93. The van der Waals surface area contributed by atoms with Gasteiger partial charge in [0, 0.05) is 6.07 Å². The van der Waals surface area contributed by atoms with Gasteiger partial charge in [0.2, 0.25) is 0 Å². The zero-order chi connectivity index (χ0) is 11.6. The number of pyridine rings is 1. The number of methoxy groups -OCH3 is 1. The summed E-state index contributed by atoms with van der Waals surface area (Å²) in [6, 6.07) is 1.11. The molecule has 0 unspecified atom stereocenters. The summed E-state index contributed by atoms with van der Waals surface area (Å²) in [5, 5.41) is -0.949. The van der Waals surface area contributed by atoms with E-state index in [1.165, 1.54) is 7.11 Å². The van der Waals surface area contributed by atoms with Gasteiger partial charge in [0.1, 0.15) is 22.8 Å². The number of hydrogen-bond acceptors (Lipinski definition) is 4. The summed E-state index contributed by atoms with van der Waals surface area (Å²) in [5.74, 6) is -0.0516. The van der Waals surface area contributed by atoms with E-state index in [2.05, 4.69) is 4.98 Å². The highest BCUT2D eigenvalue weighted by Gasteiger charge is 2.20. The molecular weight excluding hydrogens is 230 g/mol. The average Bonchev–Trinajstić information content (AvgIpc) is 2.17. The van der Waals surface area contributed by atoms with E-state index in [1.807, 2.05) is 0 Å². The second-order valence-electron chi connectivity index (χ2n) is 2.58. The fraction of sp³-hybridized carbons (Fsp3) is 0.250. The molecule has 0 amide bonds. The first-order chi connectivity index (χ1) is 6.97. The van der Waals surface area contributed by atoms with Gasteiger partial charge in [-0.05, 0) is 11.6 Å². The molecule has 1 aromatic rings. The number of nitrogens with two attached hydrogens (primary N) is 1. The third-order valence-electron chi connectivity index (χ3n) is 1.68. The highest BCUT2D eigenvalue weighted by Crippen LogP contribution is 2.31. The summed E-state index contributed by atoms with van der Waals surface area (Å²) in [4.78, 5) is 14.1. The van der Waals surface area contributed by atoms with Gasteiger partial charge in [-0.3, -0.25) is 4.79 Å². The van der Waals surface area contributed by atoms with Crippen LogP contribution < -0.4 is 10.5 Å². The van der Waals surface area contributed by atoms with Crippen LogP contribution in [0.3, 0.4) is 0 Å². The van der Waals surface area contributed by atoms with Crippen molar-refractivity contribution < 1.29 is 18.3 Å². The number of alkyl halides is 2. The zero-order valence-electron chi connectivity index (χ0n) is 7.63. The van der Waals surface area contributed by atoms with Crippen molar-refractivity contribution in [3.8, 4) is 5.75 Å². The van der Waals surface area contributed by atoms with Crippen molar-refractivity contribution in [2.45, 2.75) is 6.43 Å². The summed E-state index contributed by atoms with van der Waals surface area (Å²) < 4.78 is 29.6. The highest BCUT2D eigenvalue weighted by molar-refractivity contribution is 6.67. The van der Waals surface area contributed by atoms with E-state index in [-0.39, 0.29) is 17.1 Å². The van der Waals surface area contributed by atoms with Crippen LogP contribution in [0.2, 0.25) is 0 Å². The molecule has 4 nitrogen and oxygen atoms in total. The van der Waals surface area contributed by atoms with E-state index >= 15 is 0 Å². The van der Waals surface area contributed by atoms with E-state index in [0.717, 1.165) is 6.07 Å². The van der Waals surface area contributed by atoms with Crippen LogP contribution in [0.1, 0.15) is 22.6 Å². The summed E-state index contributed by atoms with van der Waals surface area (Å²) in [6.07, 6.45) is -2.89. The largest absolute Gasteiger partial charge is 0.494 e. The Morgan fingerprint density at radius 2 is 2.27 bits per heavy atom.